The monoisotopic (exact) mass is 496 g/mol. The number of rotatable bonds is 10. The third-order valence-corrected chi connectivity index (χ3v) is 7.42. The molecule has 2 atom stereocenters. The zero-order chi connectivity index (χ0) is 20.8. The molecule has 0 aliphatic heterocycles. The molecular formula is C27H35OSY-. The number of hydrogen-bond donors (Lipinski definition) is 1. The van der Waals surface area contributed by atoms with Gasteiger partial charge < -0.3 is 16.4 Å². The summed E-state index contributed by atoms with van der Waals surface area (Å²) in [6.07, 6.45) is 7.53. The topological polar surface area (TPSA) is 20.2 Å². The first-order chi connectivity index (χ1) is 14.0. The molecule has 0 spiro atoms. The first kappa shape index (κ1) is 25.7. The summed E-state index contributed by atoms with van der Waals surface area (Å²) < 4.78 is 0. The SMILES string of the molecule is CCCCCC(O)c1ccc(C2=C(C)C(C)=C(C)[C@@H]2CCCc2cc[c-]s2)cc1.[Y]. The van der Waals surface area contributed by atoms with Gasteiger partial charge in [0.25, 0.3) is 0 Å². The minimum absolute atomic E-state index is 0. The summed E-state index contributed by atoms with van der Waals surface area (Å²) in [6.45, 7) is 9.05. The second kappa shape index (κ2) is 12.5. The molecule has 0 fully saturated rings. The molecule has 1 nitrogen and oxygen atoms in total. The Morgan fingerprint density at radius 3 is 2.37 bits per heavy atom. The van der Waals surface area contributed by atoms with E-state index in [4.69, 9.17) is 0 Å². The number of hydrogen-bond acceptors (Lipinski definition) is 2. The van der Waals surface area contributed by atoms with Crippen LogP contribution in [0, 0.1) is 11.3 Å². The van der Waals surface area contributed by atoms with Crippen molar-refractivity contribution >= 4 is 16.9 Å². The van der Waals surface area contributed by atoms with E-state index < -0.39 is 0 Å². The zero-order valence-electron chi connectivity index (χ0n) is 19.0. The average molecular weight is 497 g/mol. The second-order valence-electron chi connectivity index (χ2n) is 8.44. The van der Waals surface area contributed by atoms with Crippen LogP contribution in [0.1, 0.15) is 88.3 Å². The van der Waals surface area contributed by atoms with E-state index in [9.17, 15) is 5.11 Å². The van der Waals surface area contributed by atoms with Crippen LogP contribution < -0.4 is 0 Å². The molecule has 1 N–H and O–H groups in total. The van der Waals surface area contributed by atoms with Gasteiger partial charge in [0.1, 0.15) is 0 Å². The molecule has 0 saturated heterocycles. The van der Waals surface area contributed by atoms with Crippen molar-refractivity contribution in [2.24, 2.45) is 5.92 Å². The van der Waals surface area contributed by atoms with Gasteiger partial charge in [0, 0.05) is 38.6 Å². The Labute approximate surface area is 212 Å². The van der Waals surface area contributed by atoms with E-state index in [0.29, 0.717) is 5.92 Å². The fourth-order valence-corrected chi connectivity index (χ4v) is 5.21. The summed E-state index contributed by atoms with van der Waals surface area (Å²) in [5.41, 5.74) is 8.28. The minimum atomic E-state index is -0.339. The molecule has 1 aromatic heterocycles. The van der Waals surface area contributed by atoms with Crippen LogP contribution in [0.3, 0.4) is 0 Å². The molecule has 1 aromatic carbocycles. The van der Waals surface area contributed by atoms with Gasteiger partial charge in [-0.15, -0.1) is 10.3 Å². The van der Waals surface area contributed by atoms with E-state index in [1.807, 2.05) is 6.07 Å². The molecule has 0 bridgehead atoms. The quantitative estimate of drug-likeness (QED) is 0.262. The molecule has 1 aliphatic carbocycles. The Hall–Kier alpha value is -0.536. The third-order valence-electron chi connectivity index (χ3n) is 6.56. The van der Waals surface area contributed by atoms with Crippen LogP contribution in [-0.2, 0) is 39.1 Å². The van der Waals surface area contributed by atoms with Gasteiger partial charge in [-0.1, -0.05) is 68.9 Å². The summed E-state index contributed by atoms with van der Waals surface area (Å²) in [4.78, 5) is 1.44. The molecule has 3 rings (SSSR count). The van der Waals surface area contributed by atoms with Crippen molar-refractivity contribution in [3.63, 3.8) is 0 Å². The van der Waals surface area contributed by atoms with E-state index in [-0.39, 0.29) is 38.8 Å². The van der Waals surface area contributed by atoms with Crippen LogP contribution in [0.5, 0.6) is 0 Å². The number of aryl methyl sites for hydroxylation is 1. The smallest absolute Gasteiger partial charge is 0.0790 e. The van der Waals surface area contributed by atoms with Crippen molar-refractivity contribution < 1.29 is 37.8 Å². The van der Waals surface area contributed by atoms with Crippen LogP contribution >= 0.6 is 11.3 Å². The van der Waals surface area contributed by atoms with E-state index in [1.165, 1.54) is 58.4 Å². The van der Waals surface area contributed by atoms with Gasteiger partial charge in [-0.05, 0) is 61.5 Å². The van der Waals surface area contributed by atoms with Gasteiger partial charge >= 0.3 is 0 Å². The standard InChI is InChI=1S/C27H35OS.Y/c1-5-6-7-13-26(28)22-14-16-23(17-15-22)27-21(4)19(2)20(3)25(27)12-8-10-24-11-9-18-29-24;/h9,11,14-17,25-26,28H,5-8,10,12-13H2,1-4H3;/q-1;/t25-,26?;/m0./s1. The maximum Gasteiger partial charge on any atom is 0.0790 e. The number of allylic oxidation sites excluding steroid dienone is 4. The van der Waals surface area contributed by atoms with Crippen molar-refractivity contribution in [3.8, 4) is 0 Å². The van der Waals surface area contributed by atoms with Crippen LogP contribution in [-0.4, -0.2) is 5.11 Å². The molecule has 30 heavy (non-hydrogen) atoms. The van der Waals surface area contributed by atoms with Gasteiger partial charge in [-0.2, -0.15) is 6.07 Å². The van der Waals surface area contributed by atoms with Gasteiger partial charge in [0.05, 0.1) is 6.10 Å². The van der Waals surface area contributed by atoms with Crippen molar-refractivity contribution in [1.29, 1.82) is 0 Å². The Morgan fingerprint density at radius 1 is 1.00 bits per heavy atom. The molecule has 1 radical (unpaired) electrons. The molecular weight excluding hydrogens is 461 g/mol. The molecule has 1 heterocycles. The summed E-state index contributed by atoms with van der Waals surface area (Å²) in [5.74, 6) is 0.513. The van der Waals surface area contributed by atoms with Crippen molar-refractivity contribution in [3.05, 3.63) is 74.5 Å². The predicted octanol–water partition coefficient (Wildman–Crippen LogP) is 7.92. The van der Waals surface area contributed by atoms with Crippen molar-refractivity contribution in [2.45, 2.75) is 78.7 Å². The maximum atomic E-state index is 10.5. The molecule has 1 unspecified atom stereocenters. The van der Waals surface area contributed by atoms with Crippen LogP contribution in [0.25, 0.3) is 5.57 Å². The maximum absolute atomic E-state index is 10.5. The molecule has 0 amide bonds. The normalized spacial score (nSPS) is 17.4. The summed E-state index contributed by atoms with van der Waals surface area (Å²) in [5, 5.41) is 13.7. The number of aliphatic hydroxyl groups excluding tert-OH is 1. The zero-order valence-corrected chi connectivity index (χ0v) is 22.7. The fraction of sp³-hybridized carbons (Fsp3) is 0.481. The van der Waals surface area contributed by atoms with Crippen molar-refractivity contribution in [2.75, 3.05) is 0 Å². The Balaban J connectivity index is 0.00000320. The van der Waals surface area contributed by atoms with E-state index in [1.54, 1.807) is 11.3 Å². The summed E-state index contributed by atoms with van der Waals surface area (Å²) in [7, 11) is 0. The fourth-order valence-electron chi connectivity index (χ4n) is 4.54. The Bertz CT molecular complexity index is 845. The number of benzene rings is 1. The first-order valence-electron chi connectivity index (χ1n) is 11.1. The third kappa shape index (κ3) is 6.25. The van der Waals surface area contributed by atoms with Gasteiger partial charge in [0.15, 0.2) is 0 Å². The minimum Gasteiger partial charge on any atom is -0.388 e. The molecule has 3 heteroatoms. The van der Waals surface area contributed by atoms with Gasteiger partial charge in [-0.3, -0.25) is 0 Å². The second-order valence-corrected chi connectivity index (χ2v) is 9.41. The van der Waals surface area contributed by atoms with E-state index in [0.717, 1.165) is 24.8 Å². The van der Waals surface area contributed by atoms with Gasteiger partial charge in [-0.25, -0.2) is 6.07 Å². The van der Waals surface area contributed by atoms with Crippen LogP contribution in [0.15, 0.2) is 53.1 Å². The largest absolute Gasteiger partial charge is 0.388 e. The molecule has 0 saturated carbocycles. The first-order valence-corrected chi connectivity index (χ1v) is 12.0. The summed E-state index contributed by atoms with van der Waals surface area (Å²) in [6, 6.07) is 12.9. The van der Waals surface area contributed by atoms with E-state index >= 15 is 0 Å². The predicted molar refractivity (Wildman–Crippen MR) is 126 cm³/mol. The number of unbranched alkanes of at least 4 members (excludes halogenated alkanes) is 2. The van der Waals surface area contributed by atoms with Gasteiger partial charge in [0.2, 0.25) is 0 Å². The molecule has 1 aliphatic rings. The summed E-state index contributed by atoms with van der Waals surface area (Å²) >= 11 is 1.74. The molecule has 2 aromatic rings. The van der Waals surface area contributed by atoms with Crippen LogP contribution in [0.2, 0.25) is 0 Å². The Kier molecular flexibility index (Phi) is 10.7. The van der Waals surface area contributed by atoms with E-state index in [2.05, 4.69) is 63.4 Å². The number of thiophene rings is 1. The number of aliphatic hydroxyl groups is 1. The van der Waals surface area contributed by atoms with Crippen LogP contribution in [0.4, 0.5) is 0 Å². The Morgan fingerprint density at radius 2 is 1.73 bits per heavy atom. The molecule has 159 valence electrons. The average Bonchev–Trinajstić information content (AvgIpc) is 3.32. The van der Waals surface area contributed by atoms with Crippen molar-refractivity contribution in [1.82, 2.24) is 0 Å².